The van der Waals surface area contributed by atoms with Gasteiger partial charge in [0.2, 0.25) is 0 Å². The third kappa shape index (κ3) is 2.49. The second-order valence-corrected chi connectivity index (χ2v) is 6.98. The zero-order chi connectivity index (χ0) is 17.4. The van der Waals surface area contributed by atoms with Crippen LogP contribution in [0.3, 0.4) is 0 Å². The van der Waals surface area contributed by atoms with Crippen LogP contribution in [0.25, 0.3) is 0 Å². The molecule has 3 aromatic rings. The van der Waals surface area contributed by atoms with Gasteiger partial charge in [-0.3, -0.25) is 0 Å². The van der Waals surface area contributed by atoms with E-state index >= 15 is 0 Å². The lowest BCUT2D eigenvalue weighted by Crippen LogP contribution is -2.32. The molecule has 0 radical (unpaired) electrons. The minimum atomic E-state index is -1.21. The predicted molar refractivity (Wildman–Crippen MR) is 98.7 cm³/mol. The second-order valence-electron chi connectivity index (χ2n) is 5.90. The van der Waals surface area contributed by atoms with Gasteiger partial charge in [-0.2, -0.15) is 0 Å². The quantitative estimate of drug-likeness (QED) is 0.757. The highest BCUT2D eigenvalue weighted by molar-refractivity contribution is 7.99. The number of hydrogen-bond acceptors (Lipinski definition) is 4. The average Bonchev–Trinajstić information content (AvgIpc) is 2.67. The lowest BCUT2D eigenvalue weighted by molar-refractivity contribution is 0.118. The molecule has 0 fully saturated rings. The van der Waals surface area contributed by atoms with Crippen LogP contribution in [0.5, 0.6) is 11.5 Å². The Kier molecular flexibility index (Phi) is 3.94. The zero-order valence-corrected chi connectivity index (χ0v) is 14.8. The fourth-order valence-electron chi connectivity index (χ4n) is 3.27. The maximum Gasteiger partial charge on any atom is 0.142 e. The van der Waals surface area contributed by atoms with Crippen molar-refractivity contribution in [3.05, 3.63) is 83.4 Å². The first kappa shape index (κ1) is 16.1. The second kappa shape index (κ2) is 6.14. The van der Waals surface area contributed by atoms with Crippen LogP contribution in [-0.4, -0.2) is 19.3 Å². The number of hydrogen-bond donors (Lipinski definition) is 1. The molecule has 3 nitrogen and oxygen atoms in total. The lowest BCUT2D eigenvalue weighted by Gasteiger charge is -2.36. The molecule has 4 rings (SSSR count). The Morgan fingerprint density at radius 3 is 2.12 bits per heavy atom. The van der Waals surface area contributed by atoms with Gasteiger partial charge in [0.05, 0.1) is 14.2 Å². The molecule has 25 heavy (non-hydrogen) atoms. The molecule has 126 valence electrons. The monoisotopic (exact) mass is 350 g/mol. The van der Waals surface area contributed by atoms with Crippen molar-refractivity contribution in [1.29, 1.82) is 0 Å². The summed E-state index contributed by atoms with van der Waals surface area (Å²) in [5.41, 5.74) is 1.35. The van der Waals surface area contributed by atoms with E-state index in [1.165, 1.54) is 0 Å². The highest BCUT2D eigenvalue weighted by Crippen LogP contribution is 2.51. The minimum absolute atomic E-state index is 0.765. The molecule has 1 N–H and O–H groups in total. The Hall–Kier alpha value is -2.43. The molecule has 0 saturated carbocycles. The fourth-order valence-corrected chi connectivity index (χ4v) is 4.48. The molecule has 0 spiro atoms. The fraction of sp³-hybridized carbons (Fsp3) is 0.143. The summed E-state index contributed by atoms with van der Waals surface area (Å²) in [6.07, 6.45) is 0. The smallest absolute Gasteiger partial charge is 0.142 e. The van der Waals surface area contributed by atoms with E-state index in [-0.39, 0.29) is 0 Å². The van der Waals surface area contributed by atoms with Gasteiger partial charge in [-0.15, -0.1) is 0 Å². The third-order valence-corrected chi connectivity index (χ3v) is 5.72. The van der Waals surface area contributed by atoms with Gasteiger partial charge in [-0.25, -0.2) is 0 Å². The minimum Gasteiger partial charge on any atom is -0.497 e. The van der Waals surface area contributed by atoms with E-state index in [2.05, 4.69) is 0 Å². The average molecular weight is 350 g/mol. The summed E-state index contributed by atoms with van der Waals surface area (Å²) >= 11 is 1.65. The number of rotatable bonds is 3. The Balaban J connectivity index is 1.96. The van der Waals surface area contributed by atoms with Crippen molar-refractivity contribution in [1.82, 2.24) is 0 Å². The molecule has 0 amide bonds. The Bertz CT molecular complexity index is 921. The van der Waals surface area contributed by atoms with Crippen LogP contribution in [-0.2, 0) is 5.60 Å². The molecule has 1 heterocycles. The first-order chi connectivity index (χ1) is 12.2. The van der Waals surface area contributed by atoms with E-state index < -0.39 is 5.60 Å². The summed E-state index contributed by atoms with van der Waals surface area (Å²) in [4.78, 5) is 2.04. The van der Waals surface area contributed by atoms with Crippen LogP contribution in [0.1, 0.15) is 16.7 Å². The largest absolute Gasteiger partial charge is 0.497 e. The first-order valence-corrected chi connectivity index (χ1v) is 8.81. The Morgan fingerprint density at radius 1 is 0.760 bits per heavy atom. The third-order valence-electron chi connectivity index (χ3n) is 4.58. The van der Waals surface area contributed by atoms with E-state index in [4.69, 9.17) is 9.47 Å². The van der Waals surface area contributed by atoms with E-state index in [0.29, 0.717) is 0 Å². The van der Waals surface area contributed by atoms with E-state index in [0.717, 1.165) is 38.0 Å². The van der Waals surface area contributed by atoms with Crippen molar-refractivity contribution in [3.63, 3.8) is 0 Å². The number of aliphatic hydroxyl groups is 1. The van der Waals surface area contributed by atoms with Gasteiger partial charge in [-0.05, 0) is 35.9 Å². The molecule has 0 saturated heterocycles. The number of fused-ring (bicyclic) bond motifs is 2. The predicted octanol–water partition coefficient (Wildman–Crippen LogP) is 4.45. The van der Waals surface area contributed by atoms with Gasteiger partial charge >= 0.3 is 0 Å². The molecule has 1 unspecified atom stereocenters. The van der Waals surface area contributed by atoms with Crippen LogP contribution in [0.4, 0.5) is 0 Å². The molecule has 0 aromatic heterocycles. The van der Waals surface area contributed by atoms with Crippen molar-refractivity contribution in [3.8, 4) is 11.5 Å². The van der Waals surface area contributed by atoms with Gasteiger partial charge in [-0.1, -0.05) is 48.2 Å². The van der Waals surface area contributed by atoms with E-state index in [9.17, 15) is 5.11 Å². The molecule has 1 atom stereocenters. The Labute approximate surface area is 151 Å². The summed E-state index contributed by atoms with van der Waals surface area (Å²) < 4.78 is 10.6. The number of benzene rings is 3. The molecule has 1 aliphatic heterocycles. The molecular formula is C21H18O3S. The highest BCUT2D eigenvalue weighted by Gasteiger charge is 2.41. The maximum absolute atomic E-state index is 11.9. The molecule has 0 aliphatic carbocycles. The highest BCUT2D eigenvalue weighted by atomic mass is 32.2. The maximum atomic E-state index is 11.9. The summed E-state index contributed by atoms with van der Waals surface area (Å²) in [6, 6.07) is 21.4. The van der Waals surface area contributed by atoms with Crippen LogP contribution in [0.2, 0.25) is 0 Å². The number of ether oxygens (including phenoxy) is 2. The van der Waals surface area contributed by atoms with E-state index in [1.54, 1.807) is 26.0 Å². The van der Waals surface area contributed by atoms with Crippen LogP contribution >= 0.6 is 11.8 Å². The summed E-state index contributed by atoms with van der Waals surface area (Å²) in [5, 5.41) is 11.9. The summed E-state index contributed by atoms with van der Waals surface area (Å²) in [6.45, 7) is 0. The zero-order valence-electron chi connectivity index (χ0n) is 14.0. The molecular weight excluding hydrogens is 332 g/mol. The molecule has 1 aliphatic rings. The summed E-state index contributed by atoms with van der Waals surface area (Å²) in [5.74, 6) is 1.54. The first-order valence-electron chi connectivity index (χ1n) is 7.99. The van der Waals surface area contributed by atoms with Gasteiger partial charge in [0.15, 0.2) is 0 Å². The van der Waals surface area contributed by atoms with Crippen molar-refractivity contribution in [2.24, 2.45) is 0 Å². The van der Waals surface area contributed by atoms with Gasteiger partial charge in [0, 0.05) is 20.9 Å². The SMILES string of the molecule is COc1ccc(C2(O)c3ccccc3Sc3cc(OC)ccc32)cc1. The van der Waals surface area contributed by atoms with Crippen molar-refractivity contribution < 1.29 is 14.6 Å². The van der Waals surface area contributed by atoms with Crippen LogP contribution < -0.4 is 9.47 Å². The topological polar surface area (TPSA) is 38.7 Å². The molecule has 4 heteroatoms. The van der Waals surface area contributed by atoms with Crippen molar-refractivity contribution >= 4 is 11.8 Å². The molecule has 0 bridgehead atoms. The van der Waals surface area contributed by atoms with Crippen molar-refractivity contribution in [2.45, 2.75) is 15.4 Å². The summed E-state index contributed by atoms with van der Waals surface area (Å²) in [7, 11) is 3.29. The standard InChI is InChI=1S/C21H18O3S/c1-23-15-9-7-14(8-10-15)21(22)17-5-3-4-6-19(17)25-20-13-16(24-2)11-12-18(20)21/h3-13,22H,1-2H3. The number of methoxy groups -OCH3 is 2. The lowest BCUT2D eigenvalue weighted by atomic mass is 9.80. The van der Waals surface area contributed by atoms with Gasteiger partial charge < -0.3 is 14.6 Å². The van der Waals surface area contributed by atoms with Crippen LogP contribution in [0.15, 0.2) is 76.5 Å². The van der Waals surface area contributed by atoms with Crippen LogP contribution in [0, 0.1) is 0 Å². The Morgan fingerprint density at radius 2 is 1.40 bits per heavy atom. The van der Waals surface area contributed by atoms with Gasteiger partial charge in [0.1, 0.15) is 17.1 Å². The molecule has 3 aromatic carbocycles. The van der Waals surface area contributed by atoms with E-state index in [1.807, 2.05) is 66.7 Å². The van der Waals surface area contributed by atoms with Crippen molar-refractivity contribution in [2.75, 3.05) is 14.2 Å². The normalized spacial score (nSPS) is 18.2. The van der Waals surface area contributed by atoms with Gasteiger partial charge in [0.25, 0.3) is 0 Å².